The highest BCUT2D eigenvalue weighted by molar-refractivity contribution is 7.84. The van der Waals surface area contributed by atoms with Crippen molar-refractivity contribution in [3.63, 3.8) is 0 Å². The number of nitrogens with zero attached hydrogens (tertiary/aromatic N) is 2. The molecule has 1 heterocycles. The van der Waals surface area contributed by atoms with Gasteiger partial charge in [0.1, 0.15) is 0 Å². The fourth-order valence-corrected chi connectivity index (χ4v) is 1.52. The summed E-state index contributed by atoms with van der Waals surface area (Å²) in [6.45, 7) is 4.51. The normalized spacial score (nSPS) is 12.4. The lowest BCUT2D eigenvalue weighted by Crippen LogP contribution is -2.13. The first-order valence-electron chi connectivity index (χ1n) is 4.60. The van der Waals surface area contributed by atoms with Crippen molar-refractivity contribution >= 4 is 16.7 Å². The molecule has 0 bridgehead atoms. The molecule has 5 heteroatoms. The summed E-state index contributed by atoms with van der Waals surface area (Å²) < 4.78 is 11.1. The zero-order valence-electron chi connectivity index (χ0n) is 8.49. The average molecular weight is 213 g/mol. The molecule has 0 fully saturated rings. The monoisotopic (exact) mass is 213 g/mol. The minimum absolute atomic E-state index is 0.601. The molecule has 14 heavy (non-hydrogen) atoms. The van der Waals surface area contributed by atoms with Gasteiger partial charge >= 0.3 is 0 Å². The minimum Gasteiger partial charge on any atom is -0.353 e. The standard InChI is InChI=1S/C9H15N3OS/c1-3-14(13)5-4-10-9-11-6-8(2)7-12-9/h6-7H,3-5H2,1-2H3,(H,10,11,12). The van der Waals surface area contributed by atoms with Crippen LogP contribution in [0.1, 0.15) is 12.5 Å². The van der Waals surface area contributed by atoms with Gasteiger partial charge in [-0.05, 0) is 12.5 Å². The highest BCUT2D eigenvalue weighted by Gasteiger charge is 1.97. The molecule has 78 valence electrons. The summed E-state index contributed by atoms with van der Waals surface area (Å²) in [6, 6.07) is 0. The van der Waals surface area contributed by atoms with E-state index in [0.717, 1.165) is 5.56 Å². The van der Waals surface area contributed by atoms with Gasteiger partial charge in [0.05, 0.1) is 0 Å². The molecule has 0 radical (unpaired) electrons. The molecule has 1 rings (SSSR count). The van der Waals surface area contributed by atoms with Gasteiger partial charge in [0.15, 0.2) is 0 Å². The lowest BCUT2D eigenvalue weighted by atomic mass is 10.4. The third-order valence-electron chi connectivity index (χ3n) is 1.72. The molecule has 0 aromatic carbocycles. The van der Waals surface area contributed by atoms with E-state index in [4.69, 9.17) is 0 Å². The van der Waals surface area contributed by atoms with E-state index in [1.165, 1.54) is 0 Å². The van der Waals surface area contributed by atoms with Gasteiger partial charge < -0.3 is 5.32 Å². The lowest BCUT2D eigenvalue weighted by molar-refractivity contribution is 0.684. The number of nitrogens with one attached hydrogen (secondary N) is 1. The van der Waals surface area contributed by atoms with Gasteiger partial charge in [0.25, 0.3) is 0 Å². The average Bonchev–Trinajstić information content (AvgIpc) is 2.21. The van der Waals surface area contributed by atoms with E-state index >= 15 is 0 Å². The van der Waals surface area contributed by atoms with Crippen molar-refractivity contribution in [1.29, 1.82) is 0 Å². The largest absolute Gasteiger partial charge is 0.353 e. The highest BCUT2D eigenvalue weighted by Crippen LogP contribution is 1.97. The van der Waals surface area contributed by atoms with Crippen molar-refractivity contribution in [3.8, 4) is 0 Å². The topological polar surface area (TPSA) is 54.9 Å². The zero-order valence-corrected chi connectivity index (χ0v) is 9.30. The molecule has 0 aliphatic heterocycles. The van der Waals surface area contributed by atoms with Crippen molar-refractivity contribution in [3.05, 3.63) is 18.0 Å². The van der Waals surface area contributed by atoms with Crippen molar-refractivity contribution < 1.29 is 4.21 Å². The molecular weight excluding hydrogens is 198 g/mol. The molecule has 0 aliphatic carbocycles. The number of rotatable bonds is 5. The Kier molecular flexibility index (Phi) is 4.52. The van der Waals surface area contributed by atoms with Crippen LogP contribution >= 0.6 is 0 Å². The van der Waals surface area contributed by atoms with E-state index in [1.54, 1.807) is 12.4 Å². The predicted molar refractivity (Wildman–Crippen MR) is 58.8 cm³/mol. The summed E-state index contributed by atoms with van der Waals surface area (Å²) in [5.41, 5.74) is 1.03. The van der Waals surface area contributed by atoms with Crippen molar-refractivity contribution in [2.75, 3.05) is 23.4 Å². The summed E-state index contributed by atoms with van der Waals surface area (Å²) in [7, 11) is -0.723. The maximum absolute atomic E-state index is 11.1. The van der Waals surface area contributed by atoms with E-state index < -0.39 is 10.8 Å². The Morgan fingerprint density at radius 2 is 2.07 bits per heavy atom. The number of anilines is 1. The first kappa shape index (κ1) is 11.1. The summed E-state index contributed by atoms with van der Waals surface area (Å²) >= 11 is 0. The third-order valence-corrected chi connectivity index (χ3v) is 3.02. The molecule has 4 nitrogen and oxygen atoms in total. The third kappa shape index (κ3) is 3.83. The SMILES string of the molecule is CCS(=O)CCNc1ncc(C)cn1. The first-order chi connectivity index (χ1) is 6.72. The second-order valence-corrected chi connectivity index (χ2v) is 4.81. The molecule has 0 aliphatic rings. The Morgan fingerprint density at radius 3 is 2.64 bits per heavy atom. The van der Waals surface area contributed by atoms with Crippen LogP contribution in [0, 0.1) is 6.92 Å². The van der Waals surface area contributed by atoms with Crippen LogP contribution in [-0.4, -0.2) is 32.2 Å². The molecule has 1 aromatic heterocycles. The van der Waals surface area contributed by atoms with E-state index in [1.807, 2.05) is 13.8 Å². The molecule has 1 unspecified atom stereocenters. The van der Waals surface area contributed by atoms with Crippen molar-refractivity contribution in [2.24, 2.45) is 0 Å². The van der Waals surface area contributed by atoms with Crippen LogP contribution in [0.3, 0.4) is 0 Å². The first-order valence-corrected chi connectivity index (χ1v) is 6.08. The number of hydrogen-bond donors (Lipinski definition) is 1. The Labute approximate surface area is 86.6 Å². The van der Waals surface area contributed by atoms with E-state index in [2.05, 4.69) is 15.3 Å². The second-order valence-electron chi connectivity index (χ2n) is 2.94. The minimum atomic E-state index is -0.723. The molecule has 0 saturated carbocycles. The fourth-order valence-electron chi connectivity index (χ4n) is 0.905. The van der Waals surface area contributed by atoms with Crippen LogP contribution in [0.5, 0.6) is 0 Å². The van der Waals surface area contributed by atoms with E-state index in [-0.39, 0.29) is 0 Å². The maximum atomic E-state index is 11.1. The van der Waals surface area contributed by atoms with Crippen LogP contribution in [0.25, 0.3) is 0 Å². The molecular formula is C9H15N3OS. The lowest BCUT2D eigenvalue weighted by Gasteiger charge is -2.03. The van der Waals surface area contributed by atoms with Gasteiger partial charge in [-0.15, -0.1) is 0 Å². The summed E-state index contributed by atoms with van der Waals surface area (Å²) in [4.78, 5) is 8.16. The molecule has 1 atom stereocenters. The molecule has 1 aromatic rings. The van der Waals surface area contributed by atoms with Gasteiger partial charge in [-0.3, -0.25) is 4.21 Å². The van der Waals surface area contributed by atoms with Gasteiger partial charge in [-0.1, -0.05) is 6.92 Å². The summed E-state index contributed by atoms with van der Waals surface area (Å²) in [6.07, 6.45) is 3.51. The van der Waals surface area contributed by atoms with Gasteiger partial charge in [-0.2, -0.15) is 0 Å². The summed E-state index contributed by atoms with van der Waals surface area (Å²) in [5.74, 6) is 1.95. The highest BCUT2D eigenvalue weighted by atomic mass is 32.2. The van der Waals surface area contributed by atoms with E-state index in [0.29, 0.717) is 24.0 Å². The Bertz CT molecular complexity index is 299. The van der Waals surface area contributed by atoms with E-state index in [9.17, 15) is 4.21 Å². The van der Waals surface area contributed by atoms with Gasteiger partial charge in [0, 0.05) is 41.2 Å². The fraction of sp³-hybridized carbons (Fsp3) is 0.556. The van der Waals surface area contributed by atoms with Crippen molar-refractivity contribution in [2.45, 2.75) is 13.8 Å². The van der Waals surface area contributed by atoms with Crippen LogP contribution in [0.15, 0.2) is 12.4 Å². The molecule has 0 saturated heterocycles. The summed E-state index contributed by atoms with van der Waals surface area (Å²) in [5, 5.41) is 3.02. The van der Waals surface area contributed by atoms with Crippen LogP contribution in [-0.2, 0) is 10.8 Å². The van der Waals surface area contributed by atoms with Crippen molar-refractivity contribution in [1.82, 2.24) is 9.97 Å². The Morgan fingerprint density at radius 1 is 1.43 bits per heavy atom. The van der Waals surface area contributed by atoms with Crippen LogP contribution in [0.4, 0.5) is 5.95 Å². The molecule has 1 N–H and O–H groups in total. The second kappa shape index (κ2) is 5.70. The number of hydrogen-bond acceptors (Lipinski definition) is 4. The smallest absolute Gasteiger partial charge is 0.222 e. The maximum Gasteiger partial charge on any atom is 0.222 e. The zero-order chi connectivity index (χ0) is 10.4. The molecule has 0 spiro atoms. The van der Waals surface area contributed by atoms with Crippen LogP contribution < -0.4 is 5.32 Å². The Hall–Kier alpha value is -0.970. The van der Waals surface area contributed by atoms with Gasteiger partial charge in [0.2, 0.25) is 5.95 Å². The molecule has 0 amide bonds. The van der Waals surface area contributed by atoms with Gasteiger partial charge in [-0.25, -0.2) is 9.97 Å². The quantitative estimate of drug-likeness (QED) is 0.791. The predicted octanol–water partition coefficient (Wildman–Crippen LogP) is 0.966. The number of aromatic nitrogens is 2. The Balaban J connectivity index is 2.31. The number of aryl methyl sites for hydroxylation is 1. The van der Waals surface area contributed by atoms with Crippen LogP contribution in [0.2, 0.25) is 0 Å².